The van der Waals surface area contributed by atoms with E-state index in [0.29, 0.717) is 18.6 Å². The molecule has 21 heavy (non-hydrogen) atoms. The average Bonchev–Trinajstić information content (AvgIpc) is 3.28. The first-order valence-corrected chi connectivity index (χ1v) is 7.80. The van der Waals surface area contributed by atoms with Crippen molar-refractivity contribution in [3.8, 4) is 11.5 Å². The van der Waals surface area contributed by atoms with Crippen LogP contribution in [0.1, 0.15) is 12.8 Å². The van der Waals surface area contributed by atoms with Gasteiger partial charge in [-0.25, -0.2) is 8.42 Å². The number of hydrogen-bond donors (Lipinski definition) is 1. The van der Waals surface area contributed by atoms with E-state index in [9.17, 15) is 13.2 Å². The molecule has 0 unspecified atom stereocenters. The minimum Gasteiger partial charge on any atom is -0.493 e. The van der Waals surface area contributed by atoms with Gasteiger partial charge in [0.25, 0.3) is 0 Å². The second kappa shape index (κ2) is 5.90. The number of rotatable bonds is 7. The summed E-state index contributed by atoms with van der Waals surface area (Å²) in [6.45, 7) is -0.540. The molecule has 0 saturated heterocycles. The van der Waals surface area contributed by atoms with E-state index < -0.39 is 22.5 Å². The van der Waals surface area contributed by atoms with Crippen LogP contribution in [0.15, 0.2) is 23.1 Å². The second-order valence-corrected chi connectivity index (χ2v) is 6.58. The number of sulfonamides is 1. The molecule has 1 aromatic rings. The van der Waals surface area contributed by atoms with Crippen LogP contribution in [0, 0.1) is 0 Å². The van der Waals surface area contributed by atoms with E-state index >= 15 is 0 Å². The van der Waals surface area contributed by atoms with Crippen LogP contribution in [0.25, 0.3) is 0 Å². The first kappa shape index (κ1) is 15.6. The Hall–Kier alpha value is -1.80. The summed E-state index contributed by atoms with van der Waals surface area (Å²) in [6.07, 6.45) is 1.36. The van der Waals surface area contributed by atoms with Gasteiger partial charge in [0.05, 0.1) is 19.1 Å². The summed E-state index contributed by atoms with van der Waals surface area (Å²) < 4.78 is 36.3. The summed E-state index contributed by atoms with van der Waals surface area (Å²) in [5.74, 6) is -0.483. The van der Waals surface area contributed by atoms with E-state index in [1.807, 2.05) is 0 Å². The molecule has 1 aliphatic carbocycles. The van der Waals surface area contributed by atoms with Gasteiger partial charge in [0.2, 0.25) is 10.0 Å². The highest BCUT2D eigenvalue weighted by atomic mass is 32.2. The Labute approximate surface area is 123 Å². The molecule has 116 valence electrons. The van der Waals surface area contributed by atoms with Gasteiger partial charge in [0.15, 0.2) is 11.5 Å². The van der Waals surface area contributed by atoms with Crippen LogP contribution in [-0.2, 0) is 14.8 Å². The summed E-state index contributed by atoms with van der Waals surface area (Å²) in [5.41, 5.74) is 0. The number of methoxy groups -OCH3 is 2. The molecule has 0 aromatic heterocycles. The van der Waals surface area contributed by atoms with Crippen LogP contribution in [-0.4, -0.2) is 50.6 Å². The predicted molar refractivity (Wildman–Crippen MR) is 74.1 cm³/mol. The molecule has 1 aliphatic rings. The summed E-state index contributed by atoms with van der Waals surface area (Å²) in [7, 11) is -1.02. The zero-order valence-electron chi connectivity index (χ0n) is 11.8. The zero-order valence-corrected chi connectivity index (χ0v) is 12.6. The molecule has 1 aromatic carbocycles. The largest absolute Gasteiger partial charge is 0.493 e. The summed E-state index contributed by atoms with van der Waals surface area (Å²) >= 11 is 0. The molecule has 1 fully saturated rings. The van der Waals surface area contributed by atoms with E-state index in [4.69, 9.17) is 14.6 Å². The minimum atomic E-state index is -3.87. The topological polar surface area (TPSA) is 93.1 Å². The van der Waals surface area contributed by atoms with Crippen molar-refractivity contribution in [3.63, 3.8) is 0 Å². The molecular formula is C13H17NO6S. The fraction of sp³-hybridized carbons (Fsp3) is 0.462. The molecule has 1 saturated carbocycles. The summed E-state index contributed by atoms with van der Waals surface area (Å²) in [6, 6.07) is 3.97. The van der Waals surface area contributed by atoms with Crippen molar-refractivity contribution in [2.45, 2.75) is 23.8 Å². The van der Waals surface area contributed by atoms with Gasteiger partial charge in [0, 0.05) is 12.1 Å². The maximum absolute atomic E-state index is 12.6. The van der Waals surface area contributed by atoms with Crippen molar-refractivity contribution in [2.24, 2.45) is 0 Å². The number of hydrogen-bond acceptors (Lipinski definition) is 5. The molecule has 0 aliphatic heterocycles. The third-order valence-electron chi connectivity index (χ3n) is 3.21. The maximum Gasteiger partial charge on any atom is 0.318 e. The molecule has 0 atom stereocenters. The fourth-order valence-electron chi connectivity index (χ4n) is 2.02. The second-order valence-electron chi connectivity index (χ2n) is 4.69. The van der Waals surface area contributed by atoms with Crippen molar-refractivity contribution < 1.29 is 27.8 Å². The Balaban J connectivity index is 2.39. The Kier molecular flexibility index (Phi) is 4.38. The van der Waals surface area contributed by atoms with Gasteiger partial charge in [-0.15, -0.1) is 0 Å². The molecule has 2 rings (SSSR count). The lowest BCUT2D eigenvalue weighted by molar-refractivity contribution is -0.137. The molecule has 0 heterocycles. The van der Waals surface area contributed by atoms with Crippen molar-refractivity contribution in [2.75, 3.05) is 20.8 Å². The molecule has 0 bridgehead atoms. The van der Waals surface area contributed by atoms with Gasteiger partial charge < -0.3 is 14.6 Å². The quantitative estimate of drug-likeness (QED) is 0.805. The Bertz CT molecular complexity index is 638. The number of carboxylic acid groups (broad SMARTS) is 1. The van der Waals surface area contributed by atoms with Crippen molar-refractivity contribution in [3.05, 3.63) is 18.2 Å². The summed E-state index contributed by atoms with van der Waals surface area (Å²) in [5, 5.41) is 8.90. The van der Waals surface area contributed by atoms with Crippen LogP contribution < -0.4 is 9.47 Å². The smallest absolute Gasteiger partial charge is 0.318 e. The number of ether oxygens (including phenoxy) is 2. The van der Waals surface area contributed by atoms with E-state index in [1.165, 1.54) is 32.4 Å². The SMILES string of the molecule is COc1ccc(S(=O)(=O)N(CC(=O)O)C2CC2)cc1OC. The molecule has 0 spiro atoms. The Morgan fingerprint density at radius 3 is 2.38 bits per heavy atom. The minimum absolute atomic E-state index is 0.00620. The van der Waals surface area contributed by atoms with Crippen molar-refractivity contribution in [1.82, 2.24) is 4.31 Å². The highest BCUT2D eigenvalue weighted by Gasteiger charge is 2.39. The standard InChI is InChI=1S/C13H17NO6S/c1-19-11-6-5-10(7-12(11)20-2)21(17,18)14(8-13(15)16)9-3-4-9/h5-7,9H,3-4,8H2,1-2H3,(H,15,16). The average molecular weight is 315 g/mol. The number of nitrogens with zero attached hydrogens (tertiary/aromatic N) is 1. The van der Waals surface area contributed by atoms with Crippen LogP contribution in [0.2, 0.25) is 0 Å². The highest BCUT2D eigenvalue weighted by Crippen LogP contribution is 2.35. The Morgan fingerprint density at radius 2 is 1.90 bits per heavy atom. The lowest BCUT2D eigenvalue weighted by atomic mass is 10.3. The van der Waals surface area contributed by atoms with Gasteiger partial charge in [-0.2, -0.15) is 4.31 Å². The Morgan fingerprint density at radius 1 is 1.29 bits per heavy atom. The number of aliphatic carboxylic acids is 1. The van der Waals surface area contributed by atoms with E-state index in [-0.39, 0.29) is 16.7 Å². The van der Waals surface area contributed by atoms with E-state index in [0.717, 1.165) is 4.31 Å². The van der Waals surface area contributed by atoms with Crippen LogP contribution >= 0.6 is 0 Å². The number of benzene rings is 1. The lowest BCUT2D eigenvalue weighted by Gasteiger charge is -2.20. The monoisotopic (exact) mass is 315 g/mol. The maximum atomic E-state index is 12.6. The van der Waals surface area contributed by atoms with Crippen LogP contribution in [0.4, 0.5) is 0 Å². The van der Waals surface area contributed by atoms with Gasteiger partial charge >= 0.3 is 5.97 Å². The molecule has 1 N–H and O–H groups in total. The molecule has 0 amide bonds. The first-order valence-electron chi connectivity index (χ1n) is 6.36. The van der Waals surface area contributed by atoms with E-state index in [1.54, 1.807) is 0 Å². The molecular weight excluding hydrogens is 298 g/mol. The van der Waals surface area contributed by atoms with Crippen molar-refractivity contribution in [1.29, 1.82) is 0 Å². The number of carbonyl (C=O) groups is 1. The van der Waals surface area contributed by atoms with Gasteiger partial charge in [-0.1, -0.05) is 0 Å². The zero-order chi connectivity index (χ0) is 15.6. The fourth-order valence-corrected chi connectivity index (χ4v) is 3.67. The van der Waals surface area contributed by atoms with Gasteiger partial charge in [-0.05, 0) is 25.0 Å². The first-order chi connectivity index (χ1) is 9.90. The van der Waals surface area contributed by atoms with Gasteiger partial charge in [0.1, 0.15) is 6.54 Å². The molecule has 7 nitrogen and oxygen atoms in total. The third-order valence-corrected chi connectivity index (χ3v) is 5.10. The van der Waals surface area contributed by atoms with Crippen LogP contribution in [0.5, 0.6) is 11.5 Å². The highest BCUT2D eigenvalue weighted by molar-refractivity contribution is 7.89. The van der Waals surface area contributed by atoms with Gasteiger partial charge in [-0.3, -0.25) is 4.79 Å². The normalized spacial score (nSPS) is 15.0. The van der Waals surface area contributed by atoms with Crippen molar-refractivity contribution >= 4 is 16.0 Å². The lowest BCUT2D eigenvalue weighted by Crippen LogP contribution is -2.37. The summed E-state index contributed by atoms with van der Waals surface area (Å²) in [4.78, 5) is 10.9. The third kappa shape index (κ3) is 3.27. The number of carboxylic acids is 1. The van der Waals surface area contributed by atoms with Crippen LogP contribution in [0.3, 0.4) is 0 Å². The van der Waals surface area contributed by atoms with E-state index in [2.05, 4.69) is 0 Å². The predicted octanol–water partition coefficient (Wildman–Crippen LogP) is 0.941. The molecule has 8 heteroatoms. The molecule has 0 radical (unpaired) electrons.